The quantitative estimate of drug-likeness (QED) is 0.782. The molecule has 0 aromatic rings. The topological polar surface area (TPSA) is 71.4 Å². The molecule has 25 heavy (non-hydrogen) atoms. The van der Waals surface area contributed by atoms with Crippen molar-refractivity contribution in [2.24, 2.45) is 34.5 Å². The Kier molecular flexibility index (Phi) is 3.84. The lowest BCUT2D eigenvalue weighted by Crippen LogP contribution is -2.54. The average molecular weight is 344 g/mol. The number of carbonyl (C=O) groups is 3. The van der Waals surface area contributed by atoms with E-state index in [9.17, 15) is 19.5 Å². The monoisotopic (exact) mass is 344 g/mol. The van der Waals surface area contributed by atoms with E-state index in [1.54, 1.807) is 6.08 Å². The second-order valence-corrected chi connectivity index (χ2v) is 9.15. The SMILES string of the molecule is C[C@]12C(=O)CC(=O)C=C1CC[C@@H]1[C@@H]2CC[C@]2(C)[C@@H](C(=O)CO)CC[C@@H]12. The molecule has 4 rings (SSSR count). The van der Waals surface area contributed by atoms with Gasteiger partial charge in [0, 0.05) is 5.92 Å². The maximum atomic E-state index is 12.9. The van der Waals surface area contributed by atoms with Crippen LogP contribution in [0.3, 0.4) is 0 Å². The van der Waals surface area contributed by atoms with E-state index in [2.05, 4.69) is 13.8 Å². The van der Waals surface area contributed by atoms with E-state index in [4.69, 9.17) is 0 Å². The summed E-state index contributed by atoms with van der Waals surface area (Å²) in [7, 11) is 0. The van der Waals surface area contributed by atoms with Gasteiger partial charge in [-0.15, -0.1) is 0 Å². The Morgan fingerprint density at radius 2 is 1.92 bits per heavy atom. The van der Waals surface area contributed by atoms with Gasteiger partial charge in [0.2, 0.25) is 0 Å². The lowest BCUT2D eigenvalue weighted by molar-refractivity contribution is -0.143. The maximum Gasteiger partial charge on any atom is 0.163 e. The zero-order valence-corrected chi connectivity index (χ0v) is 15.2. The first kappa shape index (κ1) is 17.1. The summed E-state index contributed by atoms with van der Waals surface area (Å²) < 4.78 is 0. The fourth-order valence-corrected chi connectivity index (χ4v) is 7.06. The van der Waals surface area contributed by atoms with Crippen LogP contribution in [0.1, 0.15) is 58.8 Å². The first-order chi connectivity index (χ1) is 11.8. The van der Waals surface area contributed by atoms with Crippen LogP contribution in [-0.4, -0.2) is 29.1 Å². The van der Waals surface area contributed by atoms with Gasteiger partial charge in [0.1, 0.15) is 6.61 Å². The standard InChI is InChI=1S/C21H28O4/c1-20-8-7-16-14(15(20)5-6-17(20)18(24)11-22)4-3-12-9-13(23)10-19(25)21(12,16)2/h9,14-17,22H,3-8,10-11H2,1-2H3/t14-,15-,16-,17+,20-,21-/m0/s1. The van der Waals surface area contributed by atoms with E-state index in [0.717, 1.165) is 44.1 Å². The van der Waals surface area contributed by atoms with Gasteiger partial charge in [-0.2, -0.15) is 0 Å². The van der Waals surface area contributed by atoms with Crippen molar-refractivity contribution in [2.45, 2.75) is 58.8 Å². The third-order valence-corrected chi connectivity index (χ3v) is 8.39. The summed E-state index contributed by atoms with van der Waals surface area (Å²) >= 11 is 0. The number of ketones is 3. The summed E-state index contributed by atoms with van der Waals surface area (Å²) in [4.78, 5) is 37.0. The molecule has 0 aromatic heterocycles. The van der Waals surface area contributed by atoms with Gasteiger partial charge < -0.3 is 5.11 Å². The van der Waals surface area contributed by atoms with Gasteiger partial charge >= 0.3 is 0 Å². The van der Waals surface area contributed by atoms with E-state index >= 15 is 0 Å². The summed E-state index contributed by atoms with van der Waals surface area (Å²) in [5.74, 6) is 1.24. The smallest absolute Gasteiger partial charge is 0.163 e. The molecule has 4 aliphatic carbocycles. The van der Waals surface area contributed by atoms with Crippen molar-refractivity contribution in [3.63, 3.8) is 0 Å². The van der Waals surface area contributed by atoms with Crippen LogP contribution < -0.4 is 0 Å². The Morgan fingerprint density at radius 1 is 1.16 bits per heavy atom. The zero-order chi connectivity index (χ0) is 18.0. The van der Waals surface area contributed by atoms with E-state index in [1.165, 1.54) is 0 Å². The molecule has 3 fully saturated rings. The average Bonchev–Trinajstić information content (AvgIpc) is 2.93. The van der Waals surface area contributed by atoms with Gasteiger partial charge in [-0.25, -0.2) is 0 Å². The van der Waals surface area contributed by atoms with E-state index in [-0.39, 0.29) is 41.7 Å². The molecule has 0 heterocycles. The number of fused-ring (bicyclic) bond motifs is 5. The number of aliphatic hydroxyl groups is 1. The molecule has 0 bridgehead atoms. The molecule has 0 aliphatic heterocycles. The Bertz CT molecular complexity index is 677. The highest BCUT2D eigenvalue weighted by Crippen LogP contribution is 2.66. The molecule has 6 atom stereocenters. The molecule has 1 N–H and O–H groups in total. The van der Waals surface area contributed by atoms with Gasteiger partial charge in [-0.1, -0.05) is 12.5 Å². The number of carbonyl (C=O) groups excluding carboxylic acids is 3. The zero-order valence-electron chi connectivity index (χ0n) is 15.2. The third kappa shape index (κ3) is 2.19. The molecule has 0 radical (unpaired) electrons. The van der Waals surface area contributed by atoms with E-state index in [0.29, 0.717) is 17.8 Å². The Morgan fingerprint density at radius 3 is 2.64 bits per heavy atom. The van der Waals surface area contributed by atoms with Crippen LogP contribution in [0.4, 0.5) is 0 Å². The highest BCUT2D eigenvalue weighted by atomic mass is 16.3. The van der Waals surface area contributed by atoms with Gasteiger partial charge in [0.15, 0.2) is 17.3 Å². The number of rotatable bonds is 2. The minimum absolute atomic E-state index is 0.00889. The molecule has 0 spiro atoms. The fourth-order valence-electron chi connectivity index (χ4n) is 7.06. The number of aliphatic hydroxyl groups excluding tert-OH is 1. The second kappa shape index (κ2) is 5.60. The van der Waals surface area contributed by atoms with Crippen LogP contribution >= 0.6 is 0 Å². The van der Waals surface area contributed by atoms with Crippen LogP contribution in [0.15, 0.2) is 11.6 Å². The Balaban J connectivity index is 1.69. The molecular weight excluding hydrogens is 316 g/mol. The van der Waals surface area contributed by atoms with Crippen molar-refractivity contribution in [2.75, 3.05) is 6.61 Å². The van der Waals surface area contributed by atoms with Crippen molar-refractivity contribution in [3.8, 4) is 0 Å². The molecule has 136 valence electrons. The van der Waals surface area contributed by atoms with Gasteiger partial charge in [-0.05, 0) is 74.7 Å². The van der Waals surface area contributed by atoms with Crippen LogP contribution in [0, 0.1) is 34.5 Å². The first-order valence-electron chi connectivity index (χ1n) is 9.73. The maximum absolute atomic E-state index is 12.9. The normalized spacial score (nSPS) is 46.1. The molecule has 0 aromatic carbocycles. The lowest BCUT2D eigenvalue weighted by atomic mass is 9.46. The molecular formula is C21H28O4. The highest BCUT2D eigenvalue weighted by molar-refractivity contribution is 6.11. The first-order valence-corrected chi connectivity index (χ1v) is 9.73. The predicted molar refractivity (Wildman–Crippen MR) is 92.7 cm³/mol. The molecule has 0 unspecified atom stereocenters. The predicted octanol–water partition coefficient (Wildman–Crippen LogP) is 2.87. The van der Waals surface area contributed by atoms with Crippen molar-refractivity contribution < 1.29 is 19.5 Å². The Hall–Kier alpha value is -1.29. The van der Waals surface area contributed by atoms with Gasteiger partial charge in [0.05, 0.1) is 11.8 Å². The summed E-state index contributed by atoms with van der Waals surface area (Å²) in [6, 6.07) is 0. The van der Waals surface area contributed by atoms with Gasteiger partial charge in [-0.3, -0.25) is 14.4 Å². The summed E-state index contributed by atoms with van der Waals surface area (Å²) in [6.07, 6.45) is 7.44. The summed E-state index contributed by atoms with van der Waals surface area (Å²) in [6.45, 7) is 3.95. The third-order valence-electron chi connectivity index (χ3n) is 8.39. The number of hydrogen-bond donors (Lipinski definition) is 1. The number of hydrogen-bond acceptors (Lipinski definition) is 4. The minimum Gasteiger partial charge on any atom is -0.389 e. The summed E-state index contributed by atoms with van der Waals surface area (Å²) in [5.41, 5.74) is 0.545. The molecule has 4 nitrogen and oxygen atoms in total. The summed E-state index contributed by atoms with van der Waals surface area (Å²) in [5, 5.41) is 9.35. The van der Waals surface area contributed by atoms with Gasteiger partial charge in [0.25, 0.3) is 0 Å². The molecule has 4 aliphatic rings. The molecule has 3 saturated carbocycles. The largest absolute Gasteiger partial charge is 0.389 e. The van der Waals surface area contributed by atoms with Crippen molar-refractivity contribution in [3.05, 3.63) is 11.6 Å². The highest BCUT2D eigenvalue weighted by Gasteiger charge is 2.61. The van der Waals surface area contributed by atoms with E-state index in [1.807, 2.05) is 0 Å². The molecule has 0 saturated heterocycles. The number of Topliss-reactive ketones (excluding diaryl/α,β-unsaturated/α-hetero) is 2. The second-order valence-electron chi connectivity index (χ2n) is 9.15. The Labute approximate surface area is 149 Å². The van der Waals surface area contributed by atoms with Crippen LogP contribution in [-0.2, 0) is 14.4 Å². The van der Waals surface area contributed by atoms with Crippen LogP contribution in [0.2, 0.25) is 0 Å². The molecule has 4 heteroatoms. The van der Waals surface area contributed by atoms with Crippen molar-refractivity contribution in [1.82, 2.24) is 0 Å². The van der Waals surface area contributed by atoms with Crippen molar-refractivity contribution in [1.29, 1.82) is 0 Å². The minimum atomic E-state index is -0.475. The molecule has 0 amide bonds. The van der Waals surface area contributed by atoms with E-state index < -0.39 is 5.41 Å². The lowest BCUT2D eigenvalue weighted by Gasteiger charge is -2.57. The van der Waals surface area contributed by atoms with Crippen LogP contribution in [0.25, 0.3) is 0 Å². The fraction of sp³-hybridized carbons (Fsp3) is 0.762. The van der Waals surface area contributed by atoms with Crippen LogP contribution in [0.5, 0.6) is 0 Å². The number of allylic oxidation sites excluding steroid dienone is 1. The van der Waals surface area contributed by atoms with Crippen molar-refractivity contribution >= 4 is 17.3 Å².